The fourth-order valence-electron chi connectivity index (χ4n) is 20.6. The van der Waals surface area contributed by atoms with E-state index in [0.29, 0.717) is 5.75 Å². The highest BCUT2D eigenvalue weighted by molar-refractivity contribution is 7.34. The summed E-state index contributed by atoms with van der Waals surface area (Å²) in [6, 6.07) is 111. The van der Waals surface area contributed by atoms with Crippen LogP contribution in [0.15, 0.2) is 367 Å². The Balaban J connectivity index is 0.0000000976. The summed E-state index contributed by atoms with van der Waals surface area (Å²) in [5.74, 6) is 5.00. The molecule has 0 bridgehead atoms. The number of rotatable bonds is 11. The average molecular weight is 1940 g/mol. The number of ether oxygens (including phenoxy) is 6. The van der Waals surface area contributed by atoms with Crippen molar-refractivity contribution in [2.24, 2.45) is 0 Å². The Morgan fingerprint density at radius 2 is 0.543 bits per heavy atom. The van der Waals surface area contributed by atoms with Crippen LogP contribution >= 0.6 is 90.7 Å². The van der Waals surface area contributed by atoms with E-state index < -0.39 is 22.4 Å². The van der Waals surface area contributed by atoms with Gasteiger partial charge in [-0.3, -0.25) is 0 Å². The highest BCUT2D eigenvalue weighted by atomic mass is 32.1. The van der Waals surface area contributed by atoms with E-state index in [1.165, 1.54) is 140 Å². The van der Waals surface area contributed by atoms with E-state index in [2.05, 4.69) is 364 Å². The molecule has 3 atom stereocenters. The number of thiophene rings is 8. The molecule has 0 saturated carbocycles. The Bertz CT molecular complexity index is 8980. The Labute approximate surface area is 827 Å². The lowest BCUT2D eigenvalue weighted by molar-refractivity contribution is 0.164. The van der Waals surface area contributed by atoms with Gasteiger partial charge in [0.1, 0.15) is 40.3 Å². The second-order valence-electron chi connectivity index (χ2n) is 35.3. The molecule has 12 heterocycles. The van der Waals surface area contributed by atoms with Gasteiger partial charge in [-0.05, 0) is 195 Å². The Morgan fingerprint density at radius 3 is 0.841 bits per heavy atom. The van der Waals surface area contributed by atoms with Crippen LogP contribution in [0.25, 0.3) is 145 Å². The molecule has 0 spiro atoms. The molecule has 4 aliphatic rings. The fourth-order valence-corrected chi connectivity index (χ4v) is 30.2. The van der Waals surface area contributed by atoms with Crippen molar-refractivity contribution >= 4 is 236 Å². The molecular formula is C122H83FO7S8. The standard InChI is InChI=1S/C32H24O3S2.C31H22O2S2.C30H19FOS2.C29H18OS2/c1-19-8-10-22(11-9-19)32(21-6-4-3-5-7-21)14-12-23-24-17-26(34-2)20(18-33)16-25(24)28-30-27(13-15-36-30)37-31(28)29(23)35-32;1-19-7-9-20(10-8-19)31(21-11-13-22(32-2)14-12-21)17-15-25-23-5-3-4-6-24(23)27-29-26(16-18-34-29)35-30(27)28(25)33-31;1-18-6-8-19(9-7-18)30(20-10-12-21(31)13-11-20)16-14-24-22-4-2-3-5-23(22)26-28-25(15-17-33-28)34-29(26)27(24)32-30;1-3-9-19(10-4-1)29(20-11-5-2-6-12-20)17-15-23-21-13-7-8-14-22(21)25-27-24(16-18-31-27)32-28(25)26(23)30-29/h3-17,33H,18H2,1-2H3;3-18H,1-2H3;2-17H,1H3;1-18H. The molecule has 24 aromatic rings. The molecule has 0 radical (unpaired) electrons. The lowest BCUT2D eigenvalue weighted by Crippen LogP contribution is -2.34. The minimum absolute atomic E-state index is 0.0771. The molecule has 0 fully saturated rings. The van der Waals surface area contributed by atoms with E-state index >= 15 is 0 Å². The maximum Gasteiger partial charge on any atom is 0.178 e. The molecule has 0 amide bonds. The number of aliphatic hydroxyl groups is 1. The fraction of sp³-hybridized carbons (Fsp3) is 0.0820. The van der Waals surface area contributed by atoms with E-state index in [-0.39, 0.29) is 12.4 Å². The predicted molar refractivity (Wildman–Crippen MR) is 585 cm³/mol. The molecule has 1 N–H and O–H groups in total. The van der Waals surface area contributed by atoms with Crippen LogP contribution in [0.5, 0.6) is 34.5 Å². The van der Waals surface area contributed by atoms with Crippen molar-refractivity contribution < 1.29 is 37.9 Å². The van der Waals surface area contributed by atoms with Crippen LogP contribution in [0.2, 0.25) is 0 Å². The van der Waals surface area contributed by atoms with Crippen LogP contribution in [-0.2, 0) is 29.0 Å². The van der Waals surface area contributed by atoms with Gasteiger partial charge in [0.25, 0.3) is 0 Å². The van der Waals surface area contributed by atoms with Gasteiger partial charge in [-0.1, -0.05) is 278 Å². The summed E-state index contributed by atoms with van der Waals surface area (Å²) in [6.45, 7) is 6.22. The van der Waals surface area contributed by atoms with Gasteiger partial charge in [-0.15, -0.1) is 90.7 Å². The van der Waals surface area contributed by atoms with Crippen LogP contribution in [0.3, 0.4) is 0 Å². The first kappa shape index (κ1) is 85.5. The van der Waals surface area contributed by atoms with Crippen molar-refractivity contribution in [2.75, 3.05) is 14.2 Å². The predicted octanol–water partition coefficient (Wildman–Crippen LogP) is 35.0. The molecule has 7 nitrogen and oxygen atoms in total. The van der Waals surface area contributed by atoms with Gasteiger partial charge in [-0.25, -0.2) is 4.39 Å². The van der Waals surface area contributed by atoms with Gasteiger partial charge in [0.15, 0.2) is 22.4 Å². The number of aliphatic hydroxyl groups excluding tert-OH is 1. The summed E-state index contributed by atoms with van der Waals surface area (Å²) < 4.78 is 68.8. The van der Waals surface area contributed by atoms with Crippen LogP contribution in [0.1, 0.15) is 89.0 Å². The van der Waals surface area contributed by atoms with Crippen LogP contribution in [-0.4, -0.2) is 19.3 Å². The summed E-state index contributed by atoms with van der Waals surface area (Å²) >= 11 is 14.4. The molecule has 668 valence electrons. The second kappa shape index (κ2) is 34.2. The number of methoxy groups -OCH3 is 2. The van der Waals surface area contributed by atoms with Crippen molar-refractivity contribution in [1.82, 2.24) is 0 Å². The summed E-state index contributed by atoms with van der Waals surface area (Å²) in [5, 5.41) is 33.5. The Morgan fingerprint density at radius 1 is 0.275 bits per heavy atom. The minimum Gasteiger partial charge on any atom is -0.497 e. The topological polar surface area (TPSA) is 75.6 Å². The first-order valence-electron chi connectivity index (χ1n) is 45.7. The quantitative estimate of drug-likeness (QED) is 0.138. The van der Waals surface area contributed by atoms with Crippen LogP contribution in [0, 0.1) is 26.6 Å². The van der Waals surface area contributed by atoms with Gasteiger partial charge in [-0.2, -0.15) is 0 Å². The van der Waals surface area contributed by atoms with Crippen LogP contribution < -0.4 is 28.4 Å². The normalized spacial score (nSPS) is 16.5. The number of benzene rings is 16. The van der Waals surface area contributed by atoms with Gasteiger partial charge < -0.3 is 33.5 Å². The first-order chi connectivity index (χ1) is 67.8. The zero-order valence-electron chi connectivity index (χ0n) is 75.3. The zero-order valence-corrected chi connectivity index (χ0v) is 81.8. The molecule has 138 heavy (non-hydrogen) atoms. The minimum atomic E-state index is -0.846. The summed E-state index contributed by atoms with van der Waals surface area (Å²) in [4.78, 5) is 0. The third kappa shape index (κ3) is 13.8. The molecule has 4 aliphatic heterocycles. The molecular weight excluding hydrogens is 1850 g/mol. The van der Waals surface area contributed by atoms with Crippen molar-refractivity contribution in [2.45, 2.75) is 49.8 Å². The first-order valence-corrected chi connectivity index (χ1v) is 52.5. The van der Waals surface area contributed by atoms with E-state index in [1.54, 1.807) is 59.6 Å². The van der Waals surface area contributed by atoms with Crippen molar-refractivity contribution in [3.05, 3.63) is 462 Å². The summed E-state index contributed by atoms with van der Waals surface area (Å²) in [7, 11) is 3.35. The van der Waals surface area contributed by atoms with Gasteiger partial charge in [0.2, 0.25) is 0 Å². The number of aryl methyl sites for hydroxylation is 3. The van der Waals surface area contributed by atoms with Crippen molar-refractivity contribution in [3.8, 4) is 34.5 Å². The maximum absolute atomic E-state index is 13.9. The maximum atomic E-state index is 13.9. The smallest absolute Gasteiger partial charge is 0.178 e. The largest absolute Gasteiger partial charge is 0.497 e. The molecule has 3 unspecified atom stereocenters. The lowest BCUT2D eigenvalue weighted by Gasteiger charge is -2.37. The highest BCUT2D eigenvalue weighted by Gasteiger charge is 2.45. The summed E-state index contributed by atoms with van der Waals surface area (Å²) in [5.41, 5.74) is 14.4. The molecule has 16 heteroatoms. The molecule has 16 aromatic carbocycles. The van der Waals surface area contributed by atoms with Gasteiger partial charge >= 0.3 is 0 Å². The number of hydrogen-bond donors (Lipinski definition) is 1. The molecule has 0 aliphatic carbocycles. The SMILES string of the molecule is C1=CC(c2ccccc2)(c2ccccc2)Oc2c1c1ccccc1c1c2sc2ccsc21.COc1cc2c3c(c4sc5ccsc5c4c2cc1CO)OC(c1ccccc1)(c1ccc(C)cc1)C=C3.COc1ccc(C2(c3ccc(C)cc3)C=Cc3c(c4sc5ccsc5c4c4ccccc34)O2)cc1.Cc1ccc(C2(c3ccc(F)cc3)C=Cc3c(c4sc5ccsc5c4c4ccccc34)O2)cc1. The molecule has 8 aromatic heterocycles. The lowest BCUT2D eigenvalue weighted by atomic mass is 9.82. The number of fused-ring (bicyclic) bond motifs is 32. The molecule has 28 rings (SSSR count). The van der Waals surface area contributed by atoms with Crippen LogP contribution in [0.4, 0.5) is 4.39 Å². The summed E-state index contributed by atoms with van der Waals surface area (Å²) in [6.07, 6.45) is 17.7. The van der Waals surface area contributed by atoms with Gasteiger partial charge in [0.05, 0.1) is 58.4 Å². The van der Waals surface area contributed by atoms with E-state index in [4.69, 9.17) is 28.4 Å². The van der Waals surface area contributed by atoms with E-state index in [9.17, 15) is 9.50 Å². The van der Waals surface area contributed by atoms with E-state index in [1.807, 2.05) is 81.7 Å². The monoisotopic (exact) mass is 1930 g/mol. The highest BCUT2D eigenvalue weighted by Crippen LogP contribution is 2.60. The third-order valence-corrected chi connectivity index (χ3v) is 36.3. The van der Waals surface area contributed by atoms with Gasteiger partial charge in [0, 0.05) is 113 Å². The second-order valence-corrected chi connectivity index (χ2v) is 43.1. The van der Waals surface area contributed by atoms with Crippen molar-refractivity contribution in [1.29, 1.82) is 0 Å². The zero-order chi connectivity index (χ0) is 92.7. The molecule has 0 saturated heterocycles. The average Bonchev–Trinajstić information content (AvgIpc) is 1.51. The number of hydrogen-bond acceptors (Lipinski definition) is 15. The van der Waals surface area contributed by atoms with Crippen molar-refractivity contribution in [3.63, 3.8) is 0 Å². The van der Waals surface area contributed by atoms with E-state index in [0.717, 1.165) is 111 Å². The number of halogens is 1. The Kier molecular flexibility index (Phi) is 21.2. The Hall–Kier alpha value is -14.1. The third-order valence-electron chi connectivity index (χ3n) is 27.4.